The molecular weight excluding hydrogens is 304 g/mol. The van der Waals surface area contributed by atoms with Crippen molar-refractivity contribution in [2.75, 3.05) is 13.1 Å². The molecule has 2 bridgehead atoms. The van der Waals surface area contributed by atoms with Crippen LogP contribution in [-0.4, -0.2) is 45.5 Å². The summed E-state index contributed by atoms with van der Waals surface area (Å²) in [5.74, 6) is 0.844. The van der Waals surface area contributed by atoms with Gasteiger partial charge in [0.15, 0.2) is 0 Å². The predicted octanol–water partition coefficient (Wildman–Crippen LogP) is 3.37. The molecule has 3 atom stereocenters. The lowest BCUT2D eigenvalue weighted by molar-refractivity contribution is -0.116. The molecule has 24 heavy (non-hydrogen) atoms. The number of carboxylic acid groups (broad SMARTS) is 1. The van der Waals surface area contributed by atoms with Gasteiger partial charge < -0.3 is 10.2 Å². The summed E-state index contributed by atoms with van der Waals surface area (Å²) < 4.78 is 0. The highest BCUT2D eigenvalue weighted by Gasteiger charge is 2.55. The van der Waals surface area contributed by atoms with Crippen LogP contribution in [0.1, 0.15) is 50.2 Å². The van der Waals surface area contributed by atoms with Gasteiger partial charge in [-0.1, -0.05) is 18.9 Å². The Morgan fingerprint density at radius 3 is 2.96 bits per heavy atom. The number of fused-ring (bicyclic) bond motifs is 1. The summed E-state index contributed by atoms with van der Waals surface area (Å²) in [7, 11) is 0. The lowest BCUT2D eigenvalue weighted by Crippen LogP contribution is -2.65. The lowest BCUT2D eigenvalue weighted by Gasteiger charge is -2.60. The monoisotopic (exact) mass is 330 g/mol. The number of piperidine rings is 1. The van der Waals surface area contributed by atoms with Gasteiger partial charge in [0.05, 0.1) is 0 Å². The largest absolute Gasteiger partial charge is 0.508 e. The van der Waals surface area contributed by atoms with E-state index in [1.807, 2.05) is 19.1 Å². The smallest absolute Gasteiger partial charge is 0.421 e. The minimum Gasteiger partial charge on any atom is -0.508 e. The van der Waals surface area contributed by atoms with Crippen molar-refractivity contribution >= 4 is 6.09 Å². The normalized spacial score (nSPS) is 31.9. The number of aromatic hydroxyl groups is 1. The van der Waals surface area contributed by atoms with Gasteiger partial charge in [-0.3, -0.25) is 0 Å². The third kappa shape index (κ3) is 2.14. The van der Waals surface area contributed by atoms with Crippen molar-refractivity contribution in [1.29, 1.82) is 0 Å². The van der Waals surface area contributed by atoms with E-state index in [-0.39, 0.29) is 11.5 Å². The van der Waals surface area contributed by atoms with Crippen LogP contribution in [-0.2, 0) is 11.8 Å². The van der Waals surface area contributed by atoms with Gasteiger partial charge in [-0.2, -0.15) is 0 Å². The molecule has 1 saturated heterocycles. The maximum Gasteiger partial charge on any atom is 0.421 e. The van der Waals surface area contributed by atoms with Gasteiger partial charge in [0.2, 0.25) is 0 Å². The maximum atomic E-state index is 11.7. The average molecular weight is 330 g/mol. The predicted molar refractivity (Wildman–Crippen MR) is 91.0 cm³/mol. The van der Waals surface area contributed by atoms with Crippen LogP contribution in [0.3, 0.4) is 0 Å². The van der Waals surface area contributed by atoms with E-state index in [2.05, 4.69) is 5.01 Å². The van der Waals surface area contributed by atoms with Gasteiger partial charge in [0, 0.05) is 24.5 Å². The first-order chi connectivity index (χ1) is 11.6. The zero-order chi connectivity index (χ0) is 16.9. The standard InChI is InChI=1S/C19H26N2O3/c1-2-20(18(23)24)21-10-9-19-8-4-3-5-15(19)17(21)11-13-6-7-14(22)12-16(13)19/h6-7,12,15,17,22H,2-5,8-11H2,1H3,(H,23,24)/t15-,17+,19+/m0/s1. The van der Waals surface area contributed by atoms with E-state index >= 15 is 0 Å². The topological polar surface area (TPSA) is 64.0 Å². The number of phenolic OH excluding ortho intramolecular Hbond substituents is 1. The van der Waals surface area contributed by atoms with Crippen LogP contribution in [0.2, 0.25) is 0 Å². The molecule has 1 amide bonds. The molecule has 1 aromatic carbocycles. The van der Waals surface area contributed by atoms with E-state index in [1.165, 1.54) is 29.0 Å². The van der Waals surface area contributed by atoms with Crippen LogP contribution in [0.5, 0.6) is 5.75 Å². The molecule has 3 aliphatic rings. The Bertz CT molecular complexity index is 662. The lowest BCUT2D eigenvalue weighted by atomic mass is 9.52. The first-order valence-electron chi connectivity index (χ1n) is 9.16. The van der Waals surface area contributed by atoms with E-state index in [4.69, 9.17) is 0 Å². The summed E-state index contributed by atoms with van der Waals surface area (Å²) in [5.41, 5.74) is 2.76. The molecule has 1 aliphatic heterocycles. The quantitative estimate of drug-likeness (QED) is 0.873. The van der Waals surface area contributed by atoms with Gasteiger partial charge in [-0.05, 0) is 61.8 Å². The van der Waals surface area contributed by atoms with Crippen molar-refractivity contribution in [3.8, 4) is 5.75 Å². The Kier molecular flexibility index (Phi) is 3.71. The highest BCUT2D eigenvalue weighted by atomic mass is 16.4. The Morgan fingerprint density at radius 2 is 2.21 bits per heavy atom. The summed E-state index contributed by atoms with van der Waals surface area (Å²) in [6.45, 7) is 3.19. The number of rotatable bonds is 2. The fourth-order valence-corrected chi connectivity index (χ4v) is 5.70. The van der Waals surface area contributed by atoms with Crippen LogP contribution in [0.15, 0.2) is 18.2 Å². The van der Waals surface area contributed by atoms with Crippen molar-refractivity contribution in [2.24, 2.45) is 5.92 Å². The molecule has 1 heterocycles. The van der Waals surface area contributed by atoms with Crippen molar-refractivity contribution in [1.82, 2.24) is 10.0 Å². The van der Waals surface area contributed by atoms with E-state index in [9.17, 15) is 15.0 Å². The molecule has 0 unspecified atom stereocenters. The molecular formula is C19H26N2O3. The number of hydrogen-bond acceptors (Lipinski definition) is 3. The number of nitrogens with zero attached hydrogens (tertiary/aromatic N) is 2. The fourth-order valence-electron chi connectivity index (χ4n) is 5.70. The second-order valence-corrected chi connectivity index (χ2v) is 7.53. The second-order valence-electron chi connectivity index (χ2n) is 7.53. The number of hydrogen-bond donors (Lipinski definition) is 2. The summed E-state index contributed by atoms with van der Waals surface area (Å²) in [5, 5.41) is 23.3. The van der Waals surface area contributed by atoms with Crippen molar-refractivity contribution in [3.05, 3.63) is 29.3 Å². The molecule has 2 fully saturated rings. The number of amides is 1. The van der Waals surface area contributed by atoms with Crippen LogP contribution in [0, 0.1) is 5.92 Å². The molecule has 130 valence electrons. The highest BCUT2D eigenvalue weighted by molar-refractivity contribution is 5.64. The Balaban J connectivity index is 1.80. The Hall–Kier alpha value is -1.75. The van der Waals surface area contributed by atoms with Crippen LogP contribution in [0.4, 0.5) is 4.79 Å². The Morgan fingerprint density at radius 1 is 1.38 bits per heavy atom. The molecule has 0 spiro atoms. The van der Waals surface area contributed by atoms with Gasteiger partial charge in [0.1, 0.15) is 5.75 Å². The van der Waals surface area contributed by atoms with E-state index < -0.39 is 6.09 Å². The summed E-state index contributed by atoms with van der Waals surface area (Å²) in [4.78, 5) is 11.7. The second kappa shape index (κ2) is 5.66. The van der Waals surface area contributed by atoms with Crippen molar-refractivity contribution in [2.45, 2.75) is 56.9 Å². The number of carbonyl (C=O) groups is 1. The minimum atomic E-state index is -0.850. The summed E-state index contributed by atoms with van der Waals surface area (Å²) in [6.07, 6.45) is 5.79. The van der Waals surface area contributed by atoms with E-state index in [1.54, 1.807) is 6.07 Å². The van der Waals surface area contributed by atoms with Crippen LogP contribution < -0.4 is 0 Å². The van der Waals surface area contributed by atoms with E-state index in [0.717, 1.165) is 32.2 Å². The number of hydrazine groups is 1. The average Bonchev–Trinajstić information content (AvgIpc) is 2.57. The number of benzene rings is 1. The van der Waals surface area contributed by atoms with Crippen molar-refractivity contribution in [3.63, 3.8) is 0 Å². The molecule has 0 radical (unpaired) electrons. The molecule has 2 N–H and O–H groups in total. The van der Waals surface area contributed by atoms with Gasteiger partial charge in [-0.15, -0.1) is 0 Å². The molecule has 2 aliphatic carbocycles. The molecule has 1 saturated carbocycles. The molecule has 1 aromatic rings. The Labute approximate surface area is 142 Å². The third-order valence-electron chi connectivity index (χ3n) is 6.62. The van der Waals surface area contributed by atoms with Crippen molar-refractivity contribution < 1.29 is 15.0 Å². The van der Waals surface area contributed by atoms with Gasteiger partial charge in [-0.25, -0.2) is 14.8 Å². The van der Waals surface area contributed by atoms with Crippen LogP contribution >= 0.6 is 0 Å². The maximum absolute atomic E-state index is 11.7. The molecule has 5 heteroatoms. The molecule has 4 rings (SSSR count). The SMILES string of the molecule is CCN(C(=O)O)N1CC[C@]23CCCC[C@H]2[C@H]1Cc1ccc(O)cc13. The molecule has 0 aromatic heterocycles. The van der Waals surface area contributed by atoms with Crippen LogP contribution in [0.25, 0.3) is 0 Å². The first-order valence-corrected chi connectivity index (χ1v) is 9.16. The van der Waals surface area contributed by atoms with Gasteiger partial charge in [0.25, 0.3) is 0 Å². The minimum absolute atomic E-state index is 0.129. The van der Waals surface area contributed by atoms with Gasteiger partial charge >= 0.3 is 6.09 Å². The first kappa shape index (κ1) is 15.8. The number of phenols is 1. The third-order valence-corrected chi connectivity index (χ3v) is 6.62. The fraction of sp³-hybridized carbons (Fsp3) is 0.632. The van der Waals surface area contributed by atoms with E-state index in [0.29, 0.717) is 18.2 Å². The summed E-state index contributed by atoms with van der Waals surface area (Å²) in [6, 6.07) is 6.05. The zero-order valence-corrected chi connectivity index (χ0v) is 14.2. The highest BCUT2D eigenvalue weighted by Crippen LogP contribution is 2.56. The molecule has 5 nitrogen and oxygen atoms in total. The zero-order valence-electron chi connectivity index (χ0n) is 14.2. The summed E-state index contributed by atoms with van der Waals surface area (Å²) >= 11 is 0.